The van der Waals surface area contributed by atoms with E-state index in [1.54, 1.807) is 7.11 Å². The molecule has 24 heavy (non-hydrogen) atoms. The molecule has 128 valence electrons. The maximum Gasteiger partial charge on any atom is 0.199 e. The van der Waals surface area contributed by atoms with Crippen LogP contribution in [-0.4, -0.2) is 36.9 Å². The van der Waals surface area contributed by atoms with Gasteiger partial charge in [-0.3, -0.25) is 4.21 Å². The van der Waals surface area contributed by atoms with Gasteiger partial charge in [0.25, 0.3) is 0 Å². The van der Waals surface area contributed by atoms with Crippen LogP contribution in [0.4, 0.5) is 0 Å². The van der Waals surface area contributed by atoms with Crippen molar-refractivity contribution >= 4 is 16.4 Å². The largest absolute Gasteiger partial charge is 0.383 e. The summed E-state index contributed by atoms with van der Waals surface area (Å²) in [5.74, 6) is 0.351. The molecular formula is C17H22N4O2S. The van der Waals surface area contributed by atoms with Gasteiger partial charge in [0, 0.05) is 31.7 Å². The van der Waals surface area contributed by atoms with Crippen molar-refractivity contribution in [1.29, 1.82) is 0 Å². The van der Waals surface area contributed by atoms with Gasteiger partial charge >= 0.3 is 0 Å². The fraction of sp³-hybridized carbons (Fsp3) is 0.412. The van der Waals surface area contributed by atoms with Gasteiger partial charge in [0.2, 0.25) is 0 Å². The zero-order chi connectivity index (χ0) is 17.3. The number of imidazole rings is 2. The van der Waals surface area contributed by atoms with Crippen molar-refractivity contribution in [2.75, 3.05) is 13.7 Å². The van der Waals surface area contributed by atoms with Gasteiger partial charge in [0.15, 0.2) is 5.16 Å². The van der Waals surface area contributed by atoms with Crippen LogP contribution in [0.3, 0.4) is 0 Å². The first-order valence-electron chi connectivity index (χ1n) is 7.85. The highest BCUT2D eigenvalue weighted by atomic mass is 32.2. The van der Waals surface area contributed by atoms with Crippen molar-refractivity contribution in [3.8, 4) is 0 Å². The third kappa shape index (κ3) is 3.14. The summed E-state index contributed by atoms with van der Waals surface area (Å²) in [5.41, 5.74) is 4.74. The van der Waals surface area contributed by atoms with E-state index in [2.05, 4.69) is 9.97 Å². The zero-order valence-electron chi connectivity index (χ0n) is 14.4. The number of ether oxygens (including phenoxy) is 1. The molecule has 0 N–H and O–H groups in total. The van der Waals surface area contributed by atoms with E-state index in [-0.39, 0.29) is 0 Å². The third-order valence-electron chi connectivity index (χ3n) is 4.15. The summed E-state index contributed by atoms with van der Waals surface area (Å²) < 4.78 is 22.0. The molecule has 0 aromatic carbocycles. The van der Waals surface area contributed by atoms with E-state index in [4.69, 9.17) is 4.74 Å². The van der Waals surface area contributed by atoms with Gasteiger partial charge in [-0.2, -0.15) is 0 Å². The third-order valence-corrected chi connectivity index (χ3v) is 5.43. The second kappa shape index (κ2) is 6.86. The molecule has 0 spiro atoms. The maximum atomic E-state index is 12.9. The van der Waals surface area contributed by atoms with Crippen LogP contribution in [0.5, 0.6) is 0 Å². The molecule has 6 nitrogen and oxygen atoms in total. The molecule has 0 saturated carbocycles. The molecule has 0 bridgehead atoms. The second-order valence-corrected chi connectivity index (χ2v) is 7.20. The first-order chi connectivity index (χ1) is 11.5. The topological polar surface area (TPSA) is 61.4 Å². The van der Waals surface area contributed by atoms with Crippen molar-refractivity contribution in [2.45, 2.75) is 38.2 Å². The molecule has 0 aliphatic heterocycles. The number of methoxy groups -OCH3 is 1. The molecule has 0 saturated heterocycles. The number of nitrogens with zero attached hydrogens (tertiary/aromatic N) is 4. The van der Waals surface area contributed by atoms with Crippen LogP contribution in [-0.2, 0) is 27.8 Å². The van der Waals surface area contributed by atoms with Crippen LogP contribution < -0.4 is 0 Å². The molecular weight excluding hydrogens is 324 g/mol. The Hall–Kier alpha value is -1.99. The van der Waals surface area contributed by atoms with Crippen LogP contribution in [0.2, 0.25) is 0 Å². The molecule has 0 aliphatic carbocycles. The van der Waals surface area contributed by atoms with E-state index in [9.17, 15) is 4.21 Å². The molecule has 0 radical (unpaired) electrons. The standard InChI is InChI=1S/C17H22N4O2S/c1-12-6-5-7-20-10-15(19-16(12)20)11-24(22)17-18-13(2)14(3)21(17)8-9-23-4/h5-7,10H,8-9,11H2,1-4H3/t24-/m1/s1. The van der Waals surface area contributed by atoms with E-state index in [1.165, 1.54) is 0 Å². The highest BCUT2D eigenvalue weighted by Gasteiger charge is 2.18. The maximum absolute atomic E-state index is 12.9. The lowest BCUT2D eigenvalue weighted by molar-refractivity contribution is 0.184. The minimum atomic E-state index is -1.25. The van der Waals surface area contributed by atoms with Gasteiger partial charge in [-0.1, -0.05) is 6.07 Å². The highest BCUT2D eigenvalue weighted by Crippen LogP contribution is 2.18. The summed E-state index contributed by atoms with van der Waals surface area (Å²) in [6.07, 6.45) is 3.89. The second-order valence-electron chi connectivity index (χ2n) is 5.85. The highest BCUT2D eigenvalue weighted by molar-refractivity contribution is 7.84. The molecule has 3 heterocycles. The summed E-state index contributed by atoms with van der Waals surface area (Å²) in [7, 11) is 0.410. The first-order valence-corrected chi connectivity index (χ1v) is 9.17. The molecule has 3 rings (SSSR count). The van der Waals surface area contributed by atoms with Crippen LogP contribution in [0.25, 0.3) is 5.65 Å². The zero-order valence-corrected chi connectivity index (χ0v) is 15.3. The van der Waals surface area contributed by atoms with Gasteiger partial charge in [-0.15, -0.1) is 0 Å². The molecule has 3 aromatic rings. The van der Waals surface area contributed by atoms with Crippen molar-refractivity contribution in [3.05, 3.63) is 47.2 Å². The lowest BCUT2D eigenvalue weighted by Gasteiger charge is -2.08. The van der Waals surface area contributed by atoms with Crippen molar-refractivity contribution in [2.24, 2.45) is 0 Å². The summed E-state index contributed by atoms with van der Waals surface area (Å²) in [6.45, 7) is 7.16. The Kier molecular flexibility index (Phi) is 4.82. The van der Waals surface area contributed by atoms with Crippen molar-refractivity contribution in [1.82, 2.24) is 18.9 Å². The van der Waals surface area contributed by atoms with Crippen LogP contribution in [0.1, 0.15) is 22.6 Å². The Morgan fingerprint density at radius 3 is 2.75 bits per heavy atom. The lowest BCUT2D eigenvalue weighted by atomic mass is 10.3. The molecule has 1 atom stereocenters. The molecule has 0 unspecified atom stereocenters. The summed E-state index contributed by atoms with van der Waals surface area (Å²) >= 11 is 0. The van der Waals surface area contributed by atoms with E-state index in [0.717, 1.165) is 28.3 Å². The van der Waals surface area contributed by atoms with E-state index in [0.29, 0.717) is 24.1 Å². The lowest BCUT2D eigenvalue weighted by Crippen LogP contribution is -2.12. The average Bonchev–Trinajstić information content (AvgIpc) is 3.08. The van der Waals surface area contributed by atoms with Gasteiger partial charge in [-0.25, -0.2) is 9.97 Å². The number of hydrogen-bond donors (Lipinski definition) is 0. The molecule has 3 aromatic heterocycles. The Labute approximate surface area is 144 Å². The van der Waals surface area contributed by atoms with Crippen molar-refractivity contribution in [3.63, 3.8) is 0 Å². The Morgan fingerprint density at radius 2 is 2.04 bits per heavy atom. The van der Waals surface area contributed by atoms with E-state index < -0.39 is 10.8 Å². The van der Waals surface area contributed by atoms with Gasteiger partial charge in [0.05, 0.1) is 34.5 Å². The minimum absolute atomic E-state index is 0.351. The van der Waals surface area contributed by atoms with Gasteiger partial charge in [-0.05, 0) is 32.4 Å². The minimum Gasteiger partial charge on any atom is -0.383 e. The number of fused-ring (bicyclic) bond motifs is 1. The number of pyridine rings is 1. The summed E-state index contributed by atoms with van der Waals surface area (Å²) in [5, 5.41) is 0.593. The van der Waals surface area contributed by atoms with Crippen LogP contribution in [0, 0.1) is 20.8 Å². The fourth-order valence-corrected chi connectivity index (χ4v) is 3.97. The van der Waals surface area contributed by atoms with Gasteiger partial charge in [0.1, 0.15) is 5.65 Å². The Bertz CT molecular complexity index is 898. The van der Waals surface area contributed by atoms with Gasteiger partial charge < -0.3 is 13.7 Å². The van der Waals surface area contributed by atoms with Crippen molar-refractivity contribution < 1.29 is 8.95 Å². The number of aromatic nitrogens is 4. The SMILES string of the molecule is COCCn1c([S@](=O)Cc2cn3cccc(C)c3n2)nc(C)c1C. The Balaban J connectivity index is 1.88. The quantitative estimate of drug-likeness (QED) is 0.688. The summed E-state index contributed by atoms with van der Waals surface area (Å²) in [6, 6.07) is 4.00. The molecule has 0 aliphatic rings. The smallest absolute Gasteiger partial charge is 0.199 e. The number of hydrogen-bond acceptors (Lipinski definition) is 4. The number of rotatable bonds is 6. The van der Waals surface area contributed by atoms with E-state index in [1.807, 2.05) is 54.3 Å². The fourth-order valence-electron chi connectivity index (χ4n) is 2.72. The predicted octanol–water partition coefficient (Wildman–Crippen LogP) is 2.41. The normalized spacial score (nSPS) is 12.8. The molecule has 0 amide bonds. The van der Waals surface area contributed by atoms with Crippen LogP contribution in [0.15, 0.2) is 29.7 Å². The summed E-state index contributed by atoms with van der Waals surface area (Å²) in [4.78, 5) is 9.11. The number of aryl methyl sites for hydroxylation is 2. The van der Waals surface area contributed by atoms with E-state index >= 15 is 0 Å². The monoisotopic (exact) mass is 346 g/mol. The molecule has 7 heteroatoms. The average molecular weight is 346 g/mol. The predicted molar refractivity (Wildman–Crippen MR) is 93.6 cm³/mol. The first kappa shape index (κ1) is 16.9. The van der Waals surface area contributed by atoms with Crippen LogP contribution >= 0.6 is 0 Å². The Morgan fingerprint density at radius 1 is 1.25 bits per heavy atom. The molecule has 0 fully saturated rings.